The molecule has 0 spiro atoms. The largest absolute Gasteiger partial charge is 0.480 e. The quantitative estimate of drug-likeness (QED) is 0.804. The molecule has 1 heterocycles. The number of hydrogen-bond acceptors (Lipinski definition) is 3. The van der Waals surface area contributed by atoms with Crippen molar-refractivity contribution in [2.45, 2.75) is 25.1 Å². The van der Waals surface area contributed by atoms with E-state index in [-0.39, 0.29) is 19.4 Å². The average Bonchev–Trinajstić information content (AvgIpc) is 2.33. The van der Waals surface area contributed by atoms with E-state index in [1.807, 2.05) is 0 Å². The minimum Gasteiger partial charge on any atom is -0.480 e. The van der Waals surface area contributed by atoms with Crippen LogP contribution in [-0.4, -0.2) is 47.4 Å². The van der Waals surface area contributed by atoms with E-state index in [0.717, 1.165) is 0 Å². The number of ether oxygens (including phenoxy) is 1. The highest BCUT2D eigenvalue weighted by Gasteiger charge is 2.47. The lowest BCUT2D eigenvalue weighted by Gasteiger charge is -2.37. The Balaban J connectivity index is 2.81. The molecule has 0 unspecified atom stereocenters. The molecule has 1 aliphatic rings. The van der Waals surface area contributed by atoms with E-state index in [2.05, 4.69) is 11.3 Å². The molecule has 0 aromatic carbocycles. The van der Waals surface area contributed by atoms with Gasteiger partial charge in [0.05, 0.1) is 5.92 Å². The molecule has 0 bridgehead atoms. The first-order chi connectivity index (χ1) is 8.77. The molecule has 1 aliphatic heterocycles. The van der Waals surface area contributed by atoms with E-state index in [0.29, 0.717) is 4.90 Å². The maximum atomic E-state index is 12.6. The number of likely N-dealkylation sites (tertiary alicyclic amines) is 1. The molecule has 0 aliphatic carbocycles. The normalized spacial score (nSPS) is 23.8. The number of hydrogen-bond donors (Lipinski definition) is 1. The first-order valence-corrected chi connectivity index (χ1v) is 5.61. The number of nitrogens with zero attached hydrogens (tertiary/aromatic N) is 1. The Morgan fingerprint density at radius 1 is 1.42 bits per heavy atom. The molecule has 0 saturated carbocycles. The van der Waals surface area contributed by atoms with Crippen LogP contribution in [0.15, 0.2) is 12.7 Å². The summed E-state index contributed by atoms with van der Waals surface area (Å²) in [4.78, 5) is 23.1. The number of carbonyl (C=O) groups excluding carboxylic acids is 1. The van der Waals surface area contributed by atoms with Crippen LogP contribution in [0.3, 0.4) is 0 Å². The zero-order valence-electron chi connectivity index (χ0n) is 10.0. The van der Waals surface area contributed by atoms with E-state index in [4.69, 9.17) is 5.11 Å². The SMILES string of the molecule is C=CCOC(=O)N1C[C@@H](C(F)(F)F)CC[C@H]1C(=O)O. The number of halogens is 3. The minimum atomic E-state index is -4.46. The van der Waals surface area contributed by atoms with Gasteiger partial charge in [0.1, 0.15) is 12.6 Å². The van der Waals surface area contributed by atoms with Crippen LogP contribution in [-0.2, 0) is 9.53 Å². The van der Waals surface area contributed by atoms with Gasteiger partial charge < -0.3 is 9.84 Å². The van der Waals surface area contributed by atoms with Crippen molar-refractivity contribution in [2.24, 2.45) is 5.92 Å². The number of aliphatic carboxylic acids is 1. The van der Waals surface area contributed by atoms with Crippen molar-refractivity contribution < 1.29 is 32.6 Å². The van der Waals surface area contributed by atoms with Gasteiger partial charge >= 0.3 is 18.2 Å². The molecular formula is C11H14F3NO4. The van der Waals surface area contributed by atoms with Crippen molar-refractivity contribution in [2.75, 3.05) is 13.2 Å². The second kappa shape index (κ2) is 5.94. The van der Waals surface area contributed by atoms with E-state index < -0.39 is 36.7 Å². The van der Waals surface area contributed by atoms with Gasteiger partial charge in [-0.3, -0.25) is 4.90 Å². The number of piperidine rings is 1. The summed E-state index contributed by atoms with van der Waals surface area (Å²) < 4.78 is 42.5. The molecule has 8 heteroatoms. The zero-order valence-corrected chi connectivity index (χ0v) is 10.0. The third kappa shape index (κ3) is 3.87. The summed E-state index contributed by atoms with van der Waals surface area (Å²) in [5, 5.41) is 8.92. The lowest BCUT2D eigenvalue weighted by atomic mass is 9.92. The molecule has 1 fully saturated rings. The monoisotopic (exact) mass is 281 g/mol. The van der Waals surface area contributed by atoms with Gasteiger partial charge in [0.2, 0.25) is 0 Å². The molecule has 0 aromatic heterocycles. The lowest BCUT2D eigenvalue weighted by molar-refractivity contribution is -0.190. The maximum absolute atomic E-state index is 12.6. The summed E-state index contributed by atoms with van der Waals surface area (Å²) in [7, 11) is 0. The van der Waals surface area contributed by atoms with E-state index in [1.54, 1.807) is 0 Å². The van der Waals surface area contributed by atoms with Crippen molar-refractivity contribution in [1.82, 2.24) is 4.90 Å². The predicted molar refractivity (Wildman–Crippen MR) is 58.5 cm³/mol. The van der Waals surface area contributed by atoms with Crippen molar-refractivity contribution in [3.63, 3.8) is 0 Å². The van der Waals surface area contributed by atoms with Crippen LogP contribution >= 0.6 is 0 Å². The van der Waals surface area contributed by atoms with E-state index in [9.17, 15) is 22.8 Å². The van der Waals surface area contributed by atoms with Gasteiger partial charge in [-0.25, -0.2) is 9.59 Å². The fourth-order valence-electron chi connectivity index (χ4n) is 1.91. The molecule has 1 N–H and O–H groups in total. The van der Waals surface area contributed by atoms with Gasteiger partial charge in [-0.1, -0.05) is 12.7 Å². The molecule has 2 atom stereocenters. The molecule has 0 radical (unpaired) electrons. The molecule has 1 saturated heterocycles. The van der Waals surface area contributed by atoms with Crippen molar-refractivity contribution >= 4 is 12.1 Å². The smallest absolute Gasteiger partial charge is 0.410 e. The number of rotatable bonds is 3. The first kappa shape index (κ1) is 15.3. The Hall–Kier alpha value is -1.73. The molecule has 0 aromatic rings. The molecule has 19 heavy (non-hydrogen) atoms. The highest BCUT2D eigenvalue weighted by Crippen LogP contribution is 2.35. The van der Waals surface area contributed by atoms with Crippen LogP contribution in [0, 0.1) is 5.92 Å². The highest BCUT2D eigenvalue weighted by molar-refractivity contribution is 5.80. The Morgan fingerprint density at radius 2 is 2.05 bits per heavy atom. The van der Waals surface area contributed by atoms with Crippen LogP contribution in [0.25, 0.3) is 0 Å². The number of carboxylic acid groups (broad SMARTS) is 1. The molecule has 1 rings (SSSR count). The van der Waals surface area contributed by atoms with Gasteiger partial charge in [0.15, 0.2) is 0 Å². The summed E-state index contributed by atoms with van der Waals surface area (Å²) >= 11 is 0. The number of alkyl halides is 3. The lowest BCUT2D eigenvalue weighted by Crippen LogP contribution is -2.53. The number of carboxylic acids is 1. The van der Waals surface area contributed by atoms with Crippen molar-refractivity contribution in [3.05, 3.63) is 12.7 Å². The summed E-state index contributed by atoms with van der Waals surface area (Å²) in [5.41, 5.74) is 0. The van der Waals surface area contributed by atoms with Crippen molar-refractivity contribution in [1.29, 1.82) is 0 Å². The molecule has 1 amide bonds. The number of carbonyl (C=O) groups is 2. The second-order valence-corrected chi connectivity index (χ2v) is 4.19. The zero-order chi connectivity index (χ0) is 14.6. The summed E-state index contributed by atoms with van der Waals surface area (Å²) in [5.74, 6) is -3.06. The molecule has 5 nitrogen and oxygen atoms in total. The Labute approximate surface area is 107 Å². The highest BCUT2D eigenvalue weighted by atomic mass is 19.4. The number of amides is 1. The summed E-state index contributed by atoms with van der Waals surface area (Å²) in [6, 6.07) is -1.28. The fraction of sp³-hybridized carbons (Fsp3) is 0.636. The van der Waals surface area contributed by atoms with Crippen LogP contribution < -0.4 is 0 Å². The fourth-order valence-corrected chi connectivity index (χ4v) is 1.91. The minimum absolute atomic E-state index is 0.182. The van der Waals surface area contributed by atoms with Gasteiger partial charge in [-0.05, 0) is 12.8 Å². The predicted octanol–water partition coefficient (Wildman–Crippen LogP) is 2.04. The van der Waals surface area contributed by atoms with Gasteiger partial charge in [0, 0.05) is 6.54 Å². The van der Waals surface area contributed by atoms with Crippen LogP contribution in [0.1, 0.15) is 12.8 Å². The summed E-state index contributed by atoms with van der Waals surface area (Å²) in [6.07, 6.45) is -4.84. The molecule has 108 valence electrons. The van der Waals surface area contributed by atoms with E-state index >= 15 is 0 Å². The average molecular weight is 281 g/mol. The Morgan fingerprint density at radius 3 is 2.53 bits per heavy atom. The summed E-state index contributed by atoms with van der Waals surface area (Å²) in [6.45, 7) is 2.41. The van der Waals surface area contributed by atoms with Gasteiger partial charge in [-0.15, -0.1) is 0 Å². The van der Waals surface area contributed by atoms with E-state index in [1.165, 1.54) is 6.08 Å². The Kier molecular flexibility index (Phi) is 4.79. The van der Waals surface area contributed by atoms with Crippen molar-refractivity contribution in [3.8, 4) is 0 Å². The van der Waals surface area contributed by atoms with Gasteiger partial charge in [0.25, 0.3) is 0 Å². The topological polar surface area (TPSA) is 66.8 Å². The standard InChI is InChI=1S/C11H14F3NO4/c1-2-5-19-10(18)15-6-7(11(12,13)14)3-4-8(15)9(16)17/h2,7-8H,1,3-6H2,(H,16,17)/t7-,8-/m0/s1. The molecular weight excluding hydrogens is 267 g/mol. The third-order valence-corrected chi connectivity index (χ3v) is 2.89. The maximum Gasteiger partial charge on any atom is 0.410 e. The Bertz CT molecular complexity index is 369. The first-order valence-electron chi connectivity index (χ1n) is 5.61. The van der Waals surface area contributed by atoms with Gasteiger partial charge in [-0.2, -0.15) is 13.2 Å². The third-order valence-electron chi connectivity index (χ3n) is 2.89. The van der Waals surface area contributed by atoms with Crippen LogP contribution in [0.5, 0.6) is 0 Å². The second-order valence-electron chi connectivity index (χ2n) is 4.19. The van der Waals surface area contributed by atoms with Crippen LogP contribution in [0.2, 0.25) is 0 Å². The van der Waals surface area contributed by atoms with Crippen LogP contribution in [0.4, 0.5) is 18.0 Å².